The van der Waals surface area contributed by atoms with E-state index in [4.69, 9.17) is 16.7 Å². The zero-order valence-corrected chi connectivity index (χ0v) is 8.42. The normalized spacial score (nSPS) is 18.6. The maximum absolute atomic E-state index is 10.9. The van der Waals surface area contributed by atoms with Crippen LogP contribution < -0.4 is 0 Å². The maximum atomic E-state index is 10.9. The highest BCUT2D eigenvalue weighted by Crippen LogP contribution is 2.48. The number of alkyl halides is 1. The Morgan fingerprint density at radius 2 is 2.00 bits per heavy atom. The molecule has 0 aromatic heterocycles. The fourth-order valence-electron chi connectivity index (χ4n) is 1.82. The van der Waals surface area contributed by atoms with Gasteiger partial charge >= 0.3 is 5.97 Å². The van der Waals surface area contributed by atoms with Crippen LogP contribution in [0.3, 0.4) is 0 Å². The Morgan fingerprint density at radius 1 is 1.36 bits per heavy atom. The summed E-state index contributed by atoms with van der Waals surface area (Å²) < 4.78 is 0. The first-order valence-corrected chi connectivity index (χ1v) is 5.03. The highest BCUT2D eigenvalue weighted by molar-refractivity contribution is 6.25. The van der Waals surface area contributed by atoms with Crippen molar-refractivity contribution in [2.75, 3.05) is 0 Å². The molecule has 0 heterocycles. The summed E-state index contributed by atoms with van der Waals surface area (Å²) in [6, 6.07) is 6.99. The Labute approximate surface area is 87.5 Å². The lowest BCUT2D eigenvalue weighted by Crippen LogP contribution is -2.29. The number of carboxylic acids is 1. The SMILES string of the molecule is O=C(O)c1ccccc1C1(Cl)CCC1. The average Bonchev–Trinajstić information content (AvgIpc) is 2.14. The highest BCUT2D eigenvalue weighted by Gasteiger charge is 2.38. The van der Waals surface area contributed by atoms with Crippen molar-refractivity contribution in [2.45, 2.75) is 24.1 Å². The van der Waals surface area contributed by atoms with E-state index in [1.165, 1.54) is 0 Å². The van der Waals surface area contributed by atoms with Crippen LogP contribution in [0.25, 0.3) is 0 Å². The molecule has 0 unspecified atom stereocenters. The van der Waals surface area contributed by atoms with E-state index >= 15 is 0 Å². The van der Waals surface area contributed by atoms with E-state index in [1.54, 1.807) is 12.1 Å². The van der Waals surface area contributed by atoms with Crippen molar-refractivity contribution in [1.82, 2.24) is 0 Å². The lowest BCUT2D eigenvalue weighted by molar-refractivity contribution is 0.0693. The molecular formula is C11H11ClO2. The topological polar surface area (TPSA) is 37.3 Å². The van der Waals surface area contributed by atoms with Crippen LogP contribution in [0.4, 0.5) is 0 Å². The molecule has 0 bridgehead atoms. The van der Waals surface area contributed by atoms with E-state index in [0.717, 1.165) is 24.8 Å². The number of halogens is 1. The van der Waals surface area contributed by atoms with Crippen LogP contribution in [-0.4, -0.2) is 11.1 Å². The van der Waals surface area contributed by atoms with Crippen LogP contribution in [0.5, 0.6) is 0 Å². The van der Waals surface area contributed by atoms with Gasteiger partial charge in [-0.15, -0.1) is 11.6 Å². The van der Waals surface area contributed by atoms with Gasteiger partial charge in [0.2, 0.25) is 0 Å². The largest absolute Gasteiger partial charge is 0.478 e. The van der Waals surface area contributed by atoms with Gasteiger partial charge in [-0.3, -0.25) is 0 Å². The van der Waals surface area contributed by atoms with Crippen LogP contribution in [0, 0.1) is 0 Å². The van der Waals surface area contributed by atoms with Gasteiger partial charge in [-0.05, 0) is 30.9 Å². The number of hydrogen-bond donors (Lipinski definition) is 1. The van der Waals surface area contributed by atoms with Crippen LogP contribution in [-0.2, 0) is 4.87 Å². The van der Waals surface area contributed by atoms with Gasteiger partial charge in [-0.1, -0.05) is 18.2 Å². The summed E-state index contributed by atoms with van der Waals surface area (Å²) in [5.74, 6) is -0.896. The standard InChI is InChI=1S/C11H11ClO2/c12-11(6-3-7-11)9-5-2-1-4-8(9)10(13)14/h1-2,4-5H,3,6-7H2,(H,13,14). The Kier molecular flexibility index (Phi) is 2.23. The number of benzene rings is 1. The third kappa shape index (κ3) is 1.40. The smallest absolute Gasteiger partial charge is 0.336 e. The minimum absolute atomic E-state index is 0.335. The predicted octanol–water partition coefficient (Wildman–Crippen LogP) is 3.00. The summed E-state index contributed by atoms with van der Waals surface area (Å²) in [6.45, 7) is 0. The average molecular weight is 211 g/mol. The first-order valence-electron chi connectivity index (χ1n) is 4.65. The van der Waals surface area contributed by atoms with Gasteiger partial charge < -0.3 is 5.11 Å². The second kappa shape index (κ2) is 3.28. The second-order valence-electron chi connectivity index (χ2n) is 3.67. The van der Waals surface area contributed by atoms with Crippen molar-refractivity contribution in [1.29, 1.82) is 0 Å². The molecule has 2 rings (SSSR count). The van der Waals surface area contributed by atoms with Gasteiger partial charge in [-0.2, -0.15) is 0 Å². The summed E-state index contributed by atoms with van der Waals surface area (Å²) >= 11 is 6.32. The zero-order chi connectivity index (χ0) is 10.2. The molecule has 0 spiro atoms. The van der Waals surface area contributed by atoms with E-state index < -0.39 is 10.8 Å². The molecule has 0 atom stereocenters. The van der Waals surface area contributed by atoms with Crippen molar-refractivity contribution >= 4 is 17.6 Å². The van der Waals surface area contributed by atoms with Crippen LogP contribution in [0.1, 0.15) is 35.2 Å². The molecule has 0 saturated heterocycles. The molecule has 1 saturated carbocycles. The maximum Gasteiger partial charge on any atom is 0.336 e. The molecular weight excluding hydrogens is 200 g/mol. The summed E-state index contributed by atoms with van der Waals surface area (Å²) in [7, 11) is 0. The Morgan fingerprint density at radius 3 is 2.50 bits per heavy atom. The molecule has 1 aliphatic rings. The van der Waals surface area contributed by atoms with E-state index in [0.29, 0.717) is 5.56 Å². The molecule has 2 nitrogen and oxygen atoms in total. The van der Waals surface area contributed by atoms with Gasteiger partial charge in [0.1, 0.15) is 0 Å². The Hall–Kier alpha value is -1.02. The van der Waals surface area contributed by atoms with Crippen LogP contribution >= 0.6 is 11.6 Å². The molecule has 1 N–H and O–H groups in total. The number of carboxylic acid groups (broad SMARTS) is 1. The van der Waals surface area contributed by atoms with E-state index in [9.17, 15) is 4.79 Å². The molecule has 14 heavy (non-hydrogen) atoms. The number of aromatic carboxylic acids is 1. The van der Waals surface area contributed by atoms with Crippen molar-refractivity contribution in [3.63, 3.8) is 0 Å². The van der Waals surface area contributed by atoms with Gasteiger partial charge in [0.15, 0.2) is 0 Å². The molecule has 1 aromatic carbocycles. The van der Waals surface area contributed by atoms with Gasteiger partial charge in [0.05, 0.1) is 10.4 Å². The quantitative estimate of drug-likeness (QED) is 0.762. The number of hydrogen-bond acceptors (Lipinski definition) is 1. The third-order valence-corrected chi connectivity index (χ3v) is 3.37. The summed E-state index contributed by atoms with van der Waals surface area (Å²) in [5.41, 5.74) is 1.10. The molecule has 1 fully saturated rings. The molecule has 0 aliphatic heterocycles. The molecule has 0 amide bonds. The second-order valence-corrected chi connectivity index (χ2v) is 4.39. The van der Waals surface area contributed by atoms with Crippen LogP contribution in [0.2, 0.25) is 0 Å². The molecule has 0 radical (unpaired) electrons. The minimum Gasteiger partial charge on any atom is -0.478 e. The van der Waals surface area contributed by atoms with Crippen molar-refractivity contribution in [3.05, 3.63) is 35.4 Å². The van der Waals surface area contributed by atoms with Crippen molar-refractivity contribution in [2.24, 2.45) is 0 Å². The summed E-state index contributed by atoms with van der Waals surface area (Å²) in [6.07, 6.45) is 2.83. The van der Waals surface area contributed by atoms with Gasteiger partial charge in [0, 0.05) is 0 Å². The summed E-state index contributed by atoms with van der Waals surface area (Å²) in [4.78, 5) is 10.5. The van der Waals surface area contributed by atoms with E-state index in [-0.39, 0.29) is 0 Å². The number of carbonyl (C=O) groups is 1. The summed E-state index contributed by atoms with van der Waals surface area (Å²) in [5, 5.41) is 8.99. The van der Waals surface area contributed by atoms with E-state index in [1.807, 2.05) is 12.1 Å². The fraction of sp³-hybridized carbons (Fsp3) is 0.364. The fourth-order valence-corrected chi connectivity index (χ4v) is 2.25. The minimum atomic E-state index is -0.896. The zero-order valence-electron chi connectivity index (χ0n) is 7.66. The van der Waals surface area contributed by atoms with Crippen molar-refractivity contribution < 1.29 is 9.90 Å². The van der Waals surface area contributed by atoms with Gasteiger partial charge in [-0.25, -0.2) is 4.79 Å². The first-order chi connectivity index (χ1) is 6.63. The third-order valence-electron chi connectivity index (χ3n) is 2.79. The Bertz CT molecular complexity index is 369. The first kappa shape index (κ1) is 9.53. The monoisotopic (exact) mass is 210 g/mol. The predicted molar refractivity (Wildman–Crippen MR) is 54.8 cm³/mol. The lowest BCUT2D eigenvalue weighted by atomic mass is 9.77. The highest BCUT2D eigenvalue weighted by atomic mass is 35.5. The molecule has 74 valence electrons. The molecule has 1 aromatic rings. The lowest BCUT2D eigenvalue weighted by Gasteiger charge is -2.37. The molecule has 3 heteroatoms. The number of rotatable bonds is 2. The Balaban J connectivity index is 2.46. The van der Waals surface area contributed by atoms with Crippen molar-refractivity contribution in [3.8, 4) is 0 Å². The van der Waals surface area contributed by atoms with Crippen LogP contribution in [0.15, 0.2) is 24.3 Å². The molecule has 1 aliphatic carbocycles. The van der Waals surface area contributed by atoms with E-state index in [2.05, 4.69) is 0 Å². The van der Waals surface area contributed by atoms with Gasteiger partial charge in [0.25, 0.3) is 0 Å².